The van der Waals surface area contributed by atoms with Crippen molar-refractivity contribution in [2.24, 2.45) is 0 Å². The molecule has 25 heavy (non-hydrogen) atoms. The third kappa shape index (κ3) is 2.08. The molecule has 4 rings (SSSR count). The van der Waals surface area contributed by atoms with Crippen LogP contribution in [0.5, 0.6) is 11.5 Å². The van der Waals surface area contributed by atoms with E-state index in [0.29, 0.717) is 11.3 Å². The summed E-state index contributed by atoms with van der Waals surface area (Å²) in [6, 6.07) is 6.76. The second-order valence-corrected chi connectivity index (χ2v) is 5.64. The average molecular weight is 336 g/mol. The molecule has 2 amide bonds. The lowest BCUT2D eigenvalue weighted by molar-refractivity contribution is 0.0641. The molecule has 0 radical (unpaired) electrons. The summed E-state index contributed by atoms with van der Waals surface area (Å²) in [6.07, 6.45) is 2.64. The molecule has 2 heterocycles. The molecule has 0 saturated carbocycles. The van der Waals surface area contributed by atoms with Crippen LogP contribution in [0.15, 0.2) is 36.7 Å². The van der Waals surface area contributed by atoms with E-state index >= 15 is 0 Å². The number of nitrogen functional groups attached to an aromatic ring is 1. The molecule has 0 atom stereocenters. The number of rotatable bonds is 2. The second-order valence-electron chi connectivity index (χ2n) is 5.64. The molecule has 0 aliphatic carbocycles. The Morgan fingerprint density at radius 1 is 0.960 bits per heavy atom. The van der Waals surface area contributed by atoms with E-state index in [2.05, 4.69) is 9.97 Å². The quantitative estimate of drug-likeness (QED) is 0.366. The van der Waals surface area contributed by atoms with E-state index in [9.17, 15) is 19.8 Å². The Hall–Kier alpha value is -3.68. The van der Waals surface area contributed by atoms with Crippen molar-refractivity contribution in [3.63, 3.8) is 0 Å². The molecule has 1 aliphatic heterocycles. The van der Waals surface area contributed by atoms with Crippen molar-refractivity contribution in [2.45, 2.75) is 6.54 Å². The fourth-order valence-electron chi connectivity index (χ4n) is 2.95. The number of hydrogen-bond acceptors (Lipinski definition) is 7. The summed E-state index contributed by atoms with van der Waals surface area (Å²) in [5, 5.41) is 20.8. The number of amides is 2. The average Bonchev–Trinajstić information content (AvgIpc) is 2.85. The molecule has 2 aromatic carbocycles. The van der Waals surface area contributed by atoms with E-state index in [1.165, 1.54) is 12.4 Å². The van der Waals surface area contributed by atoms with Gasteiger partial charge in [-0.15, -0.1) is 0 Å². The SMILES string of the molecule is Nc1cccc(CN2C(=O)c3c(c(O)c4nccnc4c3O)C2=O)c1. The Labute approximate surface area is 141 Å². The summed E-state index contributed by atoms with van der Waals surface area (Å²) in [5.41, 5.74) is 6.26. The van der Waals surface area contributed by atoms with Crippen LogP contribution in [-0.4, -0.2) is 36.9 Å². The molecule has 3 aromatic rings. The lowest BCUT2D eigenvalue weighted by Crippen LogP contribution is -2.29. The molecule has 0 saturated heterocycles. The number of phenolic OH excluding ortho intramolecular Hbond substituents is 2. The molecule has 1 aliphatic rings. The number of anilines is 1. The van der Waals surface area contributed by atoms with Gasteiger partial charge >= 0.3 is 0 Å². The van der Waals surface area contributed by atoms with Crippen LogP contribution in [0.2, 0.25) is 0 Å². The highest BCUT2D eigenvalue weighted by atomic mass is 16.3. The lowest BCUT2D eigenvalue weighted by Gasteiger charge is -2.14. The van der Waals surface area contributed by atoms with Crippen LogP contribution in [0.25, 0.3) is 11.0 Å². The lowest BCUT2D eigenvalue weighted by atomic mass is 10.1. The van der Waals surface area contributed by atoms with Crippen molar-refractivity contribution >= 4 is 28.5 Å². The highest BCUT2D eigenvalue weighted by molar-refractivity contribution is 6.26. The molecule has 0 fully saturated rings. The highest BCUT2D eigenvalue weighted by Crippen LogP contribution is 2.42. The topological polar surface area (TPSA) is 130 Å². The van der Waals surface area contributed by atoms with Crippen molar-refractivity contribution in [2.75, 3.05) is 5.73 Å². The number of hydrogen-bond donors (Lipinski definition) is 3. The van der Waals surface area contributed by atoms with E-state index in [-0.39, 0.29) is 28.7 Å². The summed E-state index contributed by atoms with van der Waals surface area (Å²) in [5.74, 6) is -2.35. The van der Waals surface area contributed by atoms with Crippen molar-refractivity contribution in [1.29, 1.82) is 0 Å². The number of carbonyl (C=O) groups is 2. The number of aromatic hydroxyl groups is 2. The first-order valence-corrected chi connectivity index (χ1v) is 7.38. The van der Waals surface area contributed by atoms with Gasteiger partial charge in [0, 0.05) is 18.1 Å². The standard InChI is InChI=1S/C17H12N4O4/c18-9-3-1-2-8(6-9)7-21-16(24)10-11(17(21)25)15(23)13-12(14(10)22)19-4-5-20-13/h1-6,22-23H,7,18H2. The predicted molar refractivity (Wildman–Crippen MR) is 87.9 cm³/mol. The number of imide groups is 1. The molecular formula is C17H12N4O4. The van der Waals surface area contributed by atoms with Gasteiger partial charge < -0.3 is 15.9 Å². The normalized spacial score (nSPS) is 13.5. The first kappa shape index (κ1) is 14.9. The molecule has 0 spiro atoms. The van der Waals surface area contributed by atoms with Crippen molar-refractivity contribution in [3.05, 3.63) is 53.3 Å². The van der Waals surface area contributed by atoms with Crippen molar-refractivity contribution in [3.8, 4) is 11.5 Å². The number of aromatic nitrogens is 2. The maximum atomic E-state index is 12.7. The number of phenols is 2. The summed E-state index contributed by atoms with van der Waals surface area (Å²) in [6.45, 7) is -0.0343. The number of nitrogens with two attached hydrogens (primary N) is 1. The van der Waals surface area contributed by atoms with E-state index in [1.807, 2.05) is 0 Å². The number of carbonyl (C=O) groups excluding carboxylic acids is 2. The predicted octanol–water partition coefficient (Wildman–Crippen LogP) is 1.42. The number of benzene rings is 2. The van der Waals surface area contributed by atoms with Gasteiger partial charge in [-0.1, -0.05) is 12.1 Å². The summed E-state index contributed by atoms with van der Waals surface area (Å²) in [4.78, 5) is 34.1. The Morgan fingerprint density at radius 3 is 2.04 bits per heavy atom. The monoisotopic (exact) mass is 336 g/mol. The van der Waals surface area contributed by atoms with Crippen LogP contribution in [0.3, 0.4) is 0 Å². The van der Waals surface area contributed by atoms with Crippen LogP contribution in [0, 0.1) is 0 Å². The first-order valence-electron chi connectivity index (χ1n) is 7.38. The van der Waals surface area contributed by atoms with Gasteiger partial charge in [-0.25, -0.2) is 9.97 Å². The van der Waals surface area contributed by atoms with E-state index in [0.717, 1.165) is 4.90 Å². The fraction of sp³-hybridized carbons (Fsp3) is 0.0588. The van der Waals surface area contributed by atoms with Crippen LogP contribution >= 0.6 is 0 Å². The Balaban J connectivity index is 1.86. The minimum Gasteiger partial charge on any atom is -0.505 e. The Kier molecular flexibility index (Phi) is 3.08. The van der Waals surface area contributed by atoms with Gasteiger partial charge in [0.05, 0.1) is 6.54 Å². The molecule has 1 aromatic heterocycles. The third-order valence-corrected chi connectivity index (χ3v) is 4.08. The molecule has 8 nitrogen and oxygen atoms in total. The highest BCUT2D eigenvalue weighted by Gasteiger charge is 2.42. The van der Waals surface area contributed by atoms with E-state index in [1.54, 1.807) is 24.3 Å². The van der Waals surface area contributed by atoms with Crippen LogP contribution in [0.1, 0.15) is 26.3 Å². The zero-order valence-corrected chi connectivity index (χ0v) is 12.8. The maximum absolute atomic E-state index is 12.7. The van der Waals surface area contributed by atoms with Gasteiger partial charge in [-0.05, 0) is 17.7 Å². The maximum Gasteiger partial charge on any atom is 0.265 e. The van der Waals surface area contributed by atoms with Gasteiger partial charge in [0.25, 0.3) is 11.8 Å². The molecule has 124 valence electrons. The van der Waals surface area contributed by atoms with Gasteiger partial charge in [0.2, 0.25) is 0 Å². The largest absolute Gasteiger partial charge is 0.505 e. The second kappa shape index (κ2) is 5.17. The summed E-state index contributed by atoms with van der Waals surface area (Å²) < 4.78 is 0. The molecule has 4 N–H and O–H groups in total. The van der Waals surface area contributed by atoms with E-state index < -0.39 is 23.3 Å². The van der Waals surface area contributed by atoms with Gasteiger partial charge in [0.1, 0.15) is 22.2 Å². The molecule has 0 bridgehead atoms. The first-order chi connectivity index (χ1) is 12.0. The number of fused-ring (bicyclic) bond motifs is 2. The zero-order valence-electron chi connectivity index (χ0n) is 12.8. The van der Waals surface area contributed by atoms with Crippen molar-refractivity contribution in [1.82, 2.24) is 14.9 Å². The fourth-order valence-corrected chi connectivity index (χ4v) is 2.95. The molecular weight excluding hydrogens is 324 g/mol. The number of nitrogens with zero attached hydrogens (tertiary/aromatic N) is 3. The van der Waals surface area contributed by atoms with Crippen LogP contribution in [0.4, 0.5) is 5.69 Å². The zero-order chi connectivity index (χ0) is 17.7. The minimum absolute atomic E-state index is 0.0343. The van der Waals surface area contributed by atoms with Crippen LogP contribution in [-0.2, 0) is 6.54 Å². The smallest absolute Gasteiger partial charge is 0.265 e. The van der Waals surface area contributed by atoms with Gasteiger partial charge in [-0.2, -0.15) is 0 Å². The Morgan fingerprint density at radius 2 is 1.52 bits per heavy atom. The summed E-state index contributed by atoms with van der Waals surface area (Å²) in [7, 11) is 0. The van der Waals surface area contributed by atoms with Crippen LogP contribution < -0.4 is 5.73 Å². The summed E-state index contributed by atoms with van der Waals surface area (Å²) >= 11 is 0. The van der Waals surface area contributed by atoms with Gasteiger partial charge in [-0.3, -0.25) is 14.5 Å². The minimum atomic E-state index is -0.706. The Bertz CT molecular complexity index is 1000. The van der Waals surface area contributed by atoms with Gasteiger partial charge in [0.15, 0.2) is 11.5 Å². The molecule has 0 unspecified atom stereocenters. The third-order valence-electron chi connectivity index (χ3n) is 4.08. The van der Waals surface area contributed by atoms with Crippen molar-refractivity contribution < 1.29 is 19.8 Å². The molecule has 8 heteroatoms. The van der Waals surface area contributed by atoms with E-state index in [4.69, 9.17) is 5.73 Å².